The predicted molar refractivity (Wildman–Crippen MR) is 55.2 cm³/mol. The quantitative estimate of drug-likeness (QED) is 0.762. The lowest BCUT2D eigenvalue weighted by atomic mass is 10.0. The van der Waals surface area contributed by atoms with Crippen LogP contribution in [0.15, 0.2) is 6.33 Å². The second-order valence-electron chi connectivity index (χ2n) is 4.61. The van der Waals surface area contributed by atoms with E-state index in [2.05, 4.69) is 21.8 Å². The van der Waals surface area contributed by atoms with Crippen LogP contribution >= 0.6 is 0 Å². The molecule has 0 radical (unpaired) electrons. The normalized spacial score (nSPS) is 26.2. The molecule has 0 bridgehead atoms. The third kappa shape index (κ3) is 1.46. The maximum absolute atomic E-state index is 4.36. The van der Waals surface area contributed by atoms with Gasteiger partial charge in [0.25, 0.3) is 0 Å². The van der Waals surface area contributed by atoms with Crippen molar-refractivity contribution in [3.63, 3.8) is 0 Å². The first-order valence-electron chi connectivity index (χ1n) is 5.59. The van der Waals surface area contributed by atoms with E-state index in [4.69, 9.17) is 0 Å². The SMILES string of the molecule is Cc1ncn2c1CCC(NC1CC1)C2. The number of hydrogen-bond donors (Lipinski definition) is 1. The van der Waals surface area contributed by atoms with Crippen LogP contribution in [0.5, 0.6) is 0 Å². The van der Waals surface area contributed by atoms with Gasteiger partial charge in [0, 0.05) is 24.3 Å². The van der Waals surface area contributed by atoms with Crippen molar-refractivity contribution < 1.29 is 0 Å². The predicted octanol–water partition coefficient (Wildman–Crippen LogP) is 1.26. The summed E-state index contributed by atoms with van der Waals surface area (Å²) in [5, 5.41) is 3.69. The molecule has 3 rings (SSSR count). The molecule has 76 valence electrons. The summed E-state index contributed by atoms with van der Waals surface area (Å²) in [6, 6.07) is 1.51. The van der Waals surface area contributed by atoms with Gasteiger partial charge >= 0.3 is 0 Å². The van der Waals surface area contributed by atoms with Gasteiger partial charge < -0.3 is 9.88 Å². The third-order valence-corrected chi connectivity index (χ3v) is 3.35. The number of aromatic nitrogens is 2. The Kier molecular flexibility index (Phi) is 1.87. The van der Waals surface area contributed by atoms with E-state index in [9.17, 15) is 0 Å². The molecular weight excluding hydrogens is 174 g/mol. The number of aryl methyl sites for hydroxylation is 1. The Morgan fingerprint density at radius 2 is 2.21 bits per heavy atom. The maximum Gasteiger partial charge on any atom is 0.0952 e. The van der Waals surface area contributed by atoms with Crippen molar-refractivity contribution >= 4 is 0 Å². The molecule has 3 nitrogen and oxygen atoms in total. The monoisotopic (exact) mass is 191 g/mol. The first kappa shape index (κ1) is 8.48. The minimum Gasteiger partial charge on any atom is -0.333 e. The van der Waals surface area contributed by atoms with Crippen LogP contribution in [0.2, 0.25) is 0 Å². The average Bonchev–Trinajstić information content (AvgIpc) is 2.92. The topological polar surface area (TPSA) is 29.9 Å². The molecule has 0 amide bonds. The smallest absolute Gasteiger partial charge is 0.0952 e. The molecule has 1 N–H and O–H groups in total. The first-order chi connectivity index (χ1) is 6.83. The number of fused-ring (bicyclic) bond motifs is 1. The van der Waals surface area contributed by atoms with Crippen molar-refractivity contribution in [1.29, 1.82) is 0 Å². The van der Waals surface area contributed by atoms with E-state index < -0.39 is 0 Å². The van der Waals surface area contributed by atoms with Crippen LogP contribution in [0.4, 0.5) is 0 Å². The number of imidazole rings is 1. The molecule has 1 aromatic rings. The van der Waals surface area contributed by atoms with Gasteiger partial charge in [0.1, 0.15) is 0 Å². The standard InChI is InChI=1S/C11H17N3/c1-8-11-5-4-10(13-9-2-3-9)6-14(11)7-12-8/h7,9-10,13H,2-6H2,1H3. The zero-order valence-corrected chi connectivity index (χ0v) is 8.66. The summed E-state index contributed by atoms with van der Waals surface area (Å²) < 4.78 is 2.32. The highest BCUT2D eigenvalue weighted by Crippen LogP contribution is 2.23. The highest BCUT2D eigenvalue weighted by Gasteiger charge is 2.27. The van der Waals surface area contributed by atoms with Crippen molar-refractivity contribution in [3.05, 3.63) is 17.7 Å². The second kappa shape index (κ2) is 3.09. The molecule has 0 saturated heterocycles. The molecule has 1 saturated carbocycles. The number of rotatable bonds is 2. The Balaban J connectivity index is 1.72. The fourth-order valence-corrected chi connectivity index (χ4v) is 2.35. The average molecular weight is 191 g/mol. The Morgan fingerprint density at radius 1 is 1.36 bits per heavy atom. The number of hydrogen-bond acceptors (Lipinski definition) is 2. The molecular formula is C11H17N3. The molecule has 1 atom stereocenters. The van der Waals surface area contributed by atoms with Gasteiger partial charge in [0.2, 0.25) is 0 Å². The van der Waals surface area contributed by atoms with E-state index in [0.29, 0.717) is 6.04 Å². The fourth-order valence-electron chi connectivity index (χ4n) is 2.35. The van der Waals surface area contributed by atoms with Gasteiger partial charge in [-0.15, -0.1) is 0 Å². The van der Waals surface area contributed by atoms with Crippen molar-refractivity contribution in [2.75, 3.05) is 0 Å². The van der Waals surface area contributed by atoms with E-state index in [1.807, 2.05) is 6.33 Å². The molecule has 1 aliphatic carbocycles. The van der Waals surface area contributed by atoms with Gasteiger partial charge in [-0.3, -0.25) is 0 Å². The van der Waals surface area contributed by atoms with Gasteiger partial charge in [-0.2, -0.15) is 0 Å². The maximum atomic E-state index is 4.36. The van der Waals surface area contributed by atoms with E-state index >= 15 is 0 Å². The molecule has 0 spiro atoms. The van der Waals surface area contributed by atoms with Crippen LogP contribution in [-0.4, -0.2) is 21.6 Å². The summed E-state index contributed by atoms with van der Waals surface area (Å²) in [7, 11) is 0. The summed E-state index contributed by atoms with van der Waals surface area (Å²) >= 11 is 0. The van der Waals surface area contributed by atoms with Crippen molar-refractivity contribution in [2.24, 2.45) is 0 Å². The summed E-state index contributed by atoms with van der Waals surface area (Å²) in [6.07, 6.45) is 7.23. The zero-order chi connectivity index (χ0) is 9.54. The van der Waals surface area contributed by atoms with Crippen molar-refractivity contribution in [3.8, 4) is 0 Å². The van der Waals surface area contributed by atoms with Crippen molar-refractivity contribution in [1.82, 2.24) is 14.9 Å². The Bertz CT molecular complexity index is 338. The Hall–Kier alpha value is -0.830. The lowest BCUT2D eigenvalue weighted by Crippen LogP contribution is -2.38. The Morgan fingerprint density at radius 3 is 3.00 bits per heavy atom. The fraction of sp³-hybridized carbons (Fsp3) is 0.727. The van der Waals surface area contributed by atoms with E-state index in [1.54, 1.807) is 0 Å². The van der Waals surface area contributed by atoms with Crippen molar-refractivity contribution in [2.45, 2.75) is 51.2 Å². The minimum absolute atomic E-state index is 0.684. The summed E-state index contributed by atoms with van der Waals surface area (Å²) in [6.45, 7) is 3.23. The summed E-state index contributed by atoms with van der Waals surface area (Å²) in [4.78, 5) is 4.36. The van der Waals surface area contributed by atoms with Crippen LogP contribution < -0.4 is 5.32 Å². The highest BCUT2D eigenvalue weighted by atomic mass is 15.1. The highest BCUT2D eigenvalue weighted by molar-refractivity contribution is 5.14. The molecule has 14 heavy (non-hydrogen) atoms. The van der Waals surface area contributed by atoms with Crippen LogP contribution in [-0.2, 0) is 13.0 Å². The largest absolute Gasteiger partial charge is 0.333 e. The molecule has 1 fully saturated rings. The molecule has 1 unspecified atom stereocenters. The van der Waals surface area contributed by atoms with Crippen LogP contribution in [0.1, 0.15) is 30.7 Å². The molecule has 0 aromatic carbocycles. The van der Waals surface area contributed by atoms with E-state index in [0.717, 1.165) is 12.6 Å². The van der Waals surface area contributed by atoms with E-state index in [1.165, 1.54) is 37.1 Å². The number of nitrogens with zero attached hydrogens (tertiary/aromatic N) is 2. The molecule has 1 aromatic heterocycles. The summed E-state index contributed by atoms with van der Waals surface area (Å²) in [5.41, 5.74) is 2.66. The lowest BCUT2D eigenvalue weighted by molar-refractivity contribution is 0.381. The van der Waals surface area contributed by atoms with Crippen LogP contribution in [0.3, 0.4) is 0 Å². The van der Waals surface area contributed by atoms with Gasteiger partial charge in [0.15, 0.2) is 0 Å². The zero-order valence-electron chi connectivity index (χ0n) is 8.66. The second-order valence-corrected chi connectivity index (χ2v) is 4.61. The molecule has 2 heterocycles. The first-order valence-corrected chi connectivity index (χ1v) is 5.59. The van der Waals surface area contributed by atoms with Gasteiger partial charge in [0.05, 0.1) is 12.0 Å². The number of nitrogens with one attached hydrogen (secondary N) is 1. The summed E-state index contributed by atoms with van der Waals surface area (Å²) in [5.74, 6) is 0. The lowest BCUT2D eigenvalue weighted by Gasteiger charge is -2.25. The van der Waals surface area contributed by atoms with Gasteiger partial charge in [-0.05, 0) is 32.6 Å². The minimum atomic E-state index is 0.684. The van der Waals surface area contributed by atoms with Crippen LogP contribution in [0.25, 0.3) is 0 Å². The van der Waals surface area contributed by atoms with E-state index in [-0.39, 0.29) is 0 Å². The van der Waals surface area contributed by atoms with Crippen LogP contribution in [0, 0.1) is 6.92 Å². The molecule has 3 heteroatoms. The third-order valence-electron chi connectivity index (χ3n) is 3.35. The molecule has 1 aliphatic heterocycles. The van der Waals surface area contributed by atoms with Gasteiger partial charge in [-0.25, -0.2) is 4.98 Å². The molecule has 2 aliphatic rings. The Labute approximate surface area is 84.5 Å². The van der Waals surface area contributed by atoms with Gasteiger partial charge in [-0.1, -0.05) is 0 Å².